The van der Waals surface area contributed by atoms with Crippen molar-refractivity contribution in [3.05, 3.63) is 18.2 Å². The smallest absolute Gasteiger partial charge is 0.229 e. The molecule has 1 aromatic heterocycles. The topological polar surface area (TPSA) is 63.2 Å². The number of aromatic nitrogens is 1. The van der Waals surface area contributed by atoms with Crippen LogP contribution >= 0.6 is 23.7 Å². The van der Waals surface area contributed by atoms with Crippen LogP contribution in [0, 0.1) is 11.3 Å². The summed E-state index contributed by atoms with van der Waals surface area (Å²) in [7, 11) is 1.64. The van der Waals surface area contributed by atoms with Crippen LogP contribution in [-0.2, 0) is 4.79 Å². The van der Waals surface area contributed by atoms with Crippen molar-refractivity contribution in [2.45, 2.75) is 19.3 Å². The fraction of sp³-hybridized carbons (Fsp3) is 0.500. The van der Waals surface area contributed by atoms with Crippen molar-refractivity contribution in [2.24, 2.45) is 11.3 Å². The number of rotatable bonds is 3. The lowest BCUT2D eigenvalue weighted by Gasteiger charge is -2.22. The summed E-state index contributed by atoms with van der Waals surface area (Å²) in [5.74, 6) is 1.03. The normalized spacial score (nSPS) is 21.7. The van der Waals surface area contributed by atoms with Gasteiger partial charge in [-0.1, -0.05) is 17.4 Å². The number of halogens is 1. The number of ether oxygens (including phenoxy) is 1. The molecule has 5 nitrogen and oxygen atoms in total. The van der Waals surface area contributed by atoms with Crippen LogP contribution in [0.4, 0.5) is 5.13 Å². The molecule has 0 radical (unpaired) electrons. The number of hydrogen-bond acceptors (Lipinski definition) is 5. The van der Waals surface area contributed by atoms with Gasteiger partial charge in [-0.2, -0.15) is 0 Å². The summed E-state index contributed by atoms with van der Waals surface area (Å²) in [6.07, 6.45) is 3.24. The van der Waals surface area contributed by atoms with Crippen molar-refractivity contribution in [1.29, 1.82) is 0 Å². The van der Waals surface area contributed by atoms with Gasteiger partial charge in [-0.25, -0.2) is 4.98 Å². The highest BCUT2D eigenvalue weighted by molar-refractivity contribution is 7.22. The molecule has 23 heavy (non-hydrogen) atoms. The summed E-state index contributed by atoms with van der Waals surface area (Å²) in [5, 5.41) is 7.04. The van der Waals surface area contributed by atoms with E-state index in [2.05, 4.69) is 15.6 Å². The number of thiazole rings is 1. The number of para-hydroxylation sites is 1. The van der Waals surface area contributed by atoms with Gasteiger partial charge in [0.25, 0.3) is 0 Å². The molecule has 1 spiro atoms. The van der Waals surface area contributed by atoms with Gasteiger partial charge in [0.15, 0.2) is 5.13 Å². The van der Waals surface area contributed by atoms with E-state index in [-0.39, 0.29) is 29.6 Å². The fourth-order valence-electron chi connectivity index (χ4n) is 3.53. The zero-order valence-electron chi connectivity index (χ0n) is 12.9. The minimum Gasteiger partial charge on any atom is -0.494 e. The van der Waals surface area contributed by atoms with E-state index >= 15 is 0 Å². The van der Waals surface area contributed by atoms with E-state index in [1.54, 1.807) is 7.11 Å². The van der Waals surface area contributed by atoms with Crippen LogP contribution in [0.3, 0.4) is 0 Å². The molecule has 1 aromatic carbocycles. The van der Waals surface area contributed by atoms with E-state index in [4.69, 9.17) is 4.74 Å². The third-order valence-electron chi connectivity index (χ3n) is 4.94. The van der Waals surface area contributed by atoms with Crippen molar-refractivity contribution >= 4 is 45.0 Å². The Kier molecular flexibility index (Phi) is 4.49. The predicted molar refractivity (Wildman–Crippen MR) is 94.7 cm³/mol. The van der Waals surface area contributed by atoms with Gasteiger partial charge in [0.2, 0.25) is 5.91 Å². The average molecular weight is 354 g/mol. The van der Waals surface area contributed by atoms with Gasteiger partial charge >= 0.3 is 0 Å². The Labute approximate surface area is 145 Å². The second-order valence-electron chi connectivity index (χ2n) is 6.18. The minimum atomic E-state index is 0. The first-order valence-electron chi connectivity index (χ1n) is 7.67. The Bertz CT molecular complexity index is 727. The number of carbonyl (C=O) groups excluding carboxylic acids is 1. The van der Waals surface area contributed by atoms with Gasteiger partial charge < -0.3 is 15.4 Å². The zero-order valence-corrected chi connectivity index (χ0v) is 14.6. The van der Waals surface area contributed by atoms with E-state index in [0.29, 0.717) is 5.13 Å². The lowest BCUT2D eigenvalue weighted by molar-refractivity contribution is -0.118. The van der Waals surface area contributed by atoms with Crippen LogP contribution in [-0.4, -0.2) is 31.1 Å². The summed E-state index contributed by atoms with van der Waals surface area (Å²) in [6, 6.07) is 5.82. The van der Waals surface area contributed by atoms with Gasteiger partial charge in [-0.3, -0.25) is 4.79 Å². The molecule has 2 fully saturated rings. The first-order chi connectivity index (χ1) is 10.7. The maximum Gasteiger partial charge on any atom is 0.229 e. The lowest BCUT2D eigenvalue weighted by atomic mass is 9.92. The average Bonchev–Trinajstić information content (AvgIpc) is 3.05. The Morgan fingerprint density at radius 3 is 2.96 bits per heavy atom. The molecule has 2 aliphatic rings. The number of methoxy groups -OCH3 is 1. The summed E-state index contributed by atoms with van der Waals surface area (Å²) in [6.45, 7) is 2.06. The SMILES string of the molecule is COc1cccc2sc(NC(=O)C3CC34CCNCC4)nc12.Cl. The highest BCUT2D eigenvalue weighted by Crippen LogP contribution is 2.58. The van der Waals surface area contributed by atoms with E-state index in [1.165, 1.54) is 11.3 Å². The van der Waals surface area contributed by atoms with Crippen LogP contribution in [0.15, 0.2) is 18.2 Å². The number of hydrogen-bond donors (Lipinski definition) is 2. The van der Waals surface area contributed by atoms with Gasteiger partial charge in [0.05, 0.1) is 11.8 Å². The third-order valence-corrected chi connectivity index (χ3v) is 5.87. The standard InChI is InChI=1S/C16H19N3O2S.ClH/c1-21-11-3-2-4-12-13(11)18-15(22-12)19-14(20)10-9-16(10)5-7-17-8-6-16;/h2-4,10,17H,5-9H2,1H3,(H,18,19,20);1H. The minimum absolute atomic E-state index is 0. The number of nitrogens with zero attached hydrogens (tertiary/aromatic N) is 1. The second-order valence-corrected chi connectivity index (χ2v) is 7.22. The molecule has 2 aromatic rings. The van der Waals surface area contributed by atoms with Crippen LogP contribution in [0.1, 0.15) is 19.3 Å². The largest absolute Gasteiger partial charge is 0.494 e. The van der Waals surface area contributed by atoms with Crippen molar-refractivity contribution in [2.75, 3.05) is 25.5 Å². The summed E-state index contributed by atoms with van der Waals surface area (Å²) in [4.78, 5) is 17.0. The zero-order chi connectivity index (χ0) is 15.2. The summed E-state index contributed by atoms with van der Waals surface area (Å²) in [5.41, 5.74) is 1.07. The number of nitrogens with one attached hydrogen (secondary N) is 2. The Hall–Kier alpha value is -1.37. The summed E-state index contributed by atoms with van der Waals surface area (Å²) >= 11 is 1.50. The summed E-state index contributed by atoms with van der Waals surface area (Å²) < 4.78 is 6.35. The van der Waals surface area contributed by atoms with E-state index in [9.17, 15) is 4.79 Å². The van der Waals surface area contributed by atoms with Gasteiger partial charge in [-0.15, -0.1) is 12.4 Å². The van der Waals surface area contributed by atoms with Gasteiger partial charge in [0, 0.05) is 5.92 Å². The Morgan fingerprint density at radius 1 is 1.43 bits per heavy atom. The highest BCUT2D eigenvalue weighted by atomic mass is 35.5. The van der Waals surface area contributed by atoms with Crippen molar-refractivity contribution in [1.82, 2.24) is 10.3 Å². The Morgan fingerprint density at radius 2 is 2.22 bits per heavy atom. The van der Waals surface area contributed by atoms with Crippen molar-refractivity contribution < 1.29 is 9.53 Å². The number of anilines is 1. The molecule has 124 valence electrons. The molecule has 4 rings (SSSR count). The molecule has 1 saturated heterocycles. The van der Waals surface area contributed by atoms with E-state index < -0.39 is 0 Å². The maximum absolute atomic E-state index is 12.5. The molecule has 1 aliphatic carbocycles. The third kappa shape index (κ3) is 2.91. The van der Waals surface area contributed by atoms with Crippen LogP contribution in [0.2, 0.25) is 0 Å². The predicted octanol–water partition coefficient (Wildman–Crippen LogP) is 3.05. The molecule has 0 bridgehead atoms. The molecular formula is C16H20ClN3O2S. The quantitative estimate of drug-likeness (QED) is 0.890. The first kappa shape index (κ1) is 16.5. The molecular weight excluding hydrogens is 334 g/mol. The molecule has 7 heteroatoms. The number of benzene rings is 1. The Balaban J connectivity index is 0.00000156. The van der Waals surface area contributed by atoms with Crippen molar-refractivity contribution in [3.8, 4) is 5.75 Å². The molecule has 1 aliphatic heterocycles. The number of amides is 1. The van der Waals surface area contributed by atoms with Gasteiger partial charge in [0.1, 0.15) is 11.3 Å². The van der Waals surface area contributed by atoms with E-state index in [1.807, 2.05) is 18.2 Å². The van der Waals surface area contributed by atoms with Crippen LogP contribution in [0.5, 0.6) is 5.75 Å². The molecule has 1 atom stereocenters. The molecule has 1 amide bonds. The van der Waals surface area contributed by atoms with Gasteiger partial charge in [-0.05, 0) is 49.9 Å². The maximum atomic E-state index is 12.5. The van der Waals surface area contributed by atoms with Crippen LogP contribution in [0.25, 0.3) is 10.2 Å². The molecule has 1 unspecified atom stereocenters. The number of piperidine rings is 1. The highest BCUT2D eigenvalue weighted by Gasteiger charge is 2.57. The van der Waals surface area contributed by atoms with E-state index in [0.717, 1.165) is 48.3 Å². The van der Waals surface area contributed by atoms with Crippen LogP contribution < -0.4 is 15.4 Å². The molecule has 2 heterocycles. The molecule has 2 N–H and O–H groups in total. The number of fused-ring (bicyclic) bond motifs is 1. The lowest BCUT2D eigenvalue weighted by Crippen LogP contribution is -2.31. The fourth-order valence-corrected chi connectivity index (χ4v) is 4.42. The first-order valence-corrected chi connectivity index (χ1v) is 8.49. The monoisotopic (exact) mass is 353 g/mol. The second kappa shape index (κ2) is 6.26. The number of carbonyl (C=O) groups is 1. The molecule has 1 saturated carbocycles. The van der Waals surface area contributed by atoms with Crippen molar-refractivity contribution in [3.63, 3.8) is 0 Å².